The minimum Gasteiger partial charge on any atom is -0.369 e. The molecule has 1 atom stereocenters. The van der Waals surface area contributed by atoms with Crippen LogP contribution in [0.4, 0.5) is 5.69 Å². The van der Waals surface area contributed by atoms with Crippen molar-refractivity contribution in [3.8, 4) is 0 Å². The Bertz CT molecular complexity index is 369. The Hall–Kier alpha value is -1.02. The van der Waals surface area contributed by atoms with Gasteiger partial charge in [0.15, 0.2) is 0 Å². The highest BCUT2D eigenvalue weighted by Crippen LogP contribution is 2.24. The second kappa shape index (κ2) is 6.95. The Morgan fingerprint density at radius 2 is 1.89 bits per heavy atom. The van der Waals surface area contributed by atoms with Gasteiger partial charge < -0.3 is 10.2 Å². The summed E-state index contributed by atoms with van der Waals surface area (Å²) in [5, 5.41) is 3.47. The molecule has 1 aliphatic heterocycles. The number of hydrogen-bond acceptors (Lipinski definition) is 2. The van der Waals surface area contributed by atoms with E-state index in [0.29, 0.717) is 12.1 Å². The first-order chi connectivity index (χ1) is 9.16. The zero-order valence-corrected chi connectivity index (χ0v) is 12.7. The fourth-order valence-electron chi connectivity index (χ4n) is 2.79. The number of benzene rings is 1. The van der Waals surface area contributed by atoms with Crippen LogP contribution in [0.5, 0.6) is 0 Å². The molecule has 1 aromatic rings. The van der Waals surface area contributed by atoms with E-state index in [0.717, 1.165) is 6.54 Å². The molecule has 106 valence electrons. The van der Waals surface area contributed by atoms with Crippen molar-refractivity contribution in [3.05, 3.63) is 29.8 Å². The van der Waals surface area contributed by atoms with Crippen LogP contribution in [0.1, 0.15) is 52.0 Å². The van der Waals surface area contributed by atoms with Crippen LogP contribution in [0.15, 0.2) is 24.3 Å². The fourth-order valence-corrected chi connectivity index (χ4v) is 2.79. The molecule has 1 fully saturated rings. The third-order valence-corrected chi connectivity index (χ3v) is 4.04. The Labute approximate surface area is 118 Å². The summed E-state index contributed by atoms with van der Waals surface area (Å²) in [5.74, 6) is 0. The Morgan fingerprint density at radius 3 is 2.58 bits per heavy atom. The topological polar surface area (TPSA) is 15.3 Å². The van der Waals surface area contributed by atoms with Crippen molar-refractivity contribution < 1.29 is 0 Å². The summed E-state index contributed by atoms with van der Waals surface area (Å²) in [4.78, 5) is 2.58. The van der Waals surface area contributed by atoms with Crippen LogP contribution in [0.3, 0.4) is 0 Å². The van der Waals surface area contributed by atoms with Crippen LogP contribution in [-0.4, -0.2) is 18.6 Å². The molecule has 19 heavy (non-hydrogen) atoms. The van der Waals surface area contributed by atoms with Crippen LogP contribution < -0.4 is 10.2 Å². The summed E-state index contributed by atoms with van der Waals surface area (Å²) in [7, 11) is 0. The van der Waals surface area contributed by atoms with Crippen molar-refractivity contribution in [2.75, 3.05) is 11.4 Å². The first-order valence-corrected chi connectivity index (χ1v) is 7.76. The third-order valence-electron chi connectivity index (χ3n) is 4.04. The molecular formula is C17H28N2. The van der Waals surface area contributed by atoms with E-state index in [2.05, 4.69) is 55.3 Å². The number of anilines is 1. The lowest BCUT2D eigenvalue weighted by molar-refractivity contribution is 0.588. The molecule has 1 saturated heterocycles. The first kappa shape index (κ1) is 14.4. The van der Waals surface area contributed by atoms with Gasteiger partial charge in [0.25, 0.3) is 0 Å². The molecule has 0 aliphatic carbocycles. The van der Waals surface area contributed by atoms with E-state index in [9.17, 15) is 0 Å². The molecule has 2 nitrogen and oxygen atoms in total. The van der Waals surface area contributed by atoms with Gasteiger partial charge in [-0.2, -0.15) is 0 Å². The molecule has 1 N–H and O–H groups in total. The maximum absolute atomic E-state index is 3.47. The molecule has 1 aliphatic rings. The van der Waals surface area contributed by atoms with Crippen molar-refractivity contribution in [1.29, 1.82) is 0 Å². The number of hydrogen-bond donors (Lipinski definition) is 1. The molecule has 2 rings (SSSR count). The SMILES string of the molecule is CC(C)NCc1ccc(N2CCCCCC2C)cc1. The van der Waals surface area contributed by atoms with Crippen molar-refractivity contribution in [2.24, 2.45) is 0 Å². The molecule has 0 radical (unpaired) electrons. The van der Waals surface area contributed by atoms with Crippen molar-refractivity contribution in [2.45, 2.75) is 65.1 Å². The zero-order valence-electron chi connectivity index (χ0n) is 12.7. The van der Waals surface area contributed by atoms with Gasteiger partial charge >= 0.3 is 0 Å². The Balaban J connectivity index is 2.00. The monoisotopic (exact) mass is 260 g/mol. The van der Waals surface area contributed by atoms with Gasteiger partial charge in [0.05, 0.1) is 0 Å². The summed E-state index contributed by atoms with van der Waals surface area (Å²) in [6.07, 6.45) is 5.43. The summed E-state index contributed by atoms with van der Waals surface area (Å²) < 4.78 is 0. The molecule has 1 unspecified atom stereocenters. The average molecular weight is 260 g/mol. The Morgan fingerprint density at radius 1 is 1.16 bits per heavy atom. The molecule has 0 spiro atoms. The lowest BCUT2D eigenvalue weighted by Crippen LogP contribution is -2.32. The molecule has 0 amide bonds. The average Bonchev–Trinajstić information content (AvgIpc) is 2.62. The minimum atomic E-state index is 0.547. The van der Waals surface area contributed by atoms with E-state index in [1.54, 1.807) is 0 Å². The van der Waals surface area contributed by atoms with Crippen LogP contribution in [-0.2, 0) is 6.54 Å². The predicted octanol–water partition coefficient (Wildman–Crippen LogP) is 3.95. The van der Waals surface area contributed by atoms with Gasteiger partial charge in [0.1, 0.15) is 0 Å². The Kier molecular flexibility index (Phi) is 5.26. The highest BCUT2D eigenvalue weighted by molar-refractivity contribution is 5.48. The second-order valence-electron chi connectivity index (χ2n) is 6.09. The normalized spacial score (nSPS) is 20.6. The number of nitrogens with zero attached hydrogens (tertiary/aromatic N) is 1. The van der Waals surface area contributed by atoms with Crippen molar-refractivity contribution in [3.63, 3.8) is 0 Å². The van der Waals surface area contributed by atoms with E-state index in [1.807, 2.05) is 0 Å². The van der Waals surface area contributed by atoms with Crippen LogP contribution in [0.25, 0.3) is 0 Å². The van der Waals surface area contributed by atoms with E-state index >= 15 is 0 Å². The summed E-state index contributed by atoms with van der Waals surface area (Å²) >= 11 is 0. The molecule has 1 heterocycles. The summed E-state index contributed by atoms with van der Waals surface area (Å²) in [6, 6.07) is 10.3. The predicted molar refractivity (Wildman–Crippen MR) is 83.7 cm³/mol. The molecule has 0 aromatic heterocycles. The van der Waals surface area contributed by atoms with Crippen molar-refractivity contribution in [1.82, 2.24) is 5.32 Å². The molecule has 2 heteroatoms. The summed E-state index contributed by atoms with van der Waals surface area (Å²) in [6.45, 7) is 8.92. The van der Waals surface area contributed by atoms with Gasteiger partial charge in [0, 0.05) is 30.9 Å². The number of rotatable bonds is 4. The highest BCUT2D eigenvalue weighted by atomic mass is 15.2. The molecule has 0 bridgehead atoms. The summed E-state index contributed by atoms with van der Waals surface area (Å²) in [5.41, 5.74) is 2.77. The second-order valence-corrected chi connectivity index (χ2v) is 6.09. The van der Waals surface area contributed by atoms with E-state index < -0.39 is 0 Å². The minimum absolute atomic E-state index is 0.547. The van der Waals surface area contributed by atoms with E-state index in [-0.39, 0.29) is 0 Å². The lowest BCUT2D eigenvalue weighted by Gasteiger charge is -2.29. The highest BCUT2D eigenvalue weighted by Gasteiger charge is 2.16. The molecule has 1 aromatic carbocycles. The van der Waals surface area contributed by atoms with Gasteiger partial charge in [0.2, 0.25) is 0 Å². The van der Waals surface area contributed by atoms with E-state index in [4.69, 9.17) is 0 Å². The first-order valence-electron chi connectivity index (χ1n) is 7.76. The van der Waals surface area contributed by atoms with Crippen LogP contribution in [0.2, 0.25) is 0 Å². The van der Waals surface area contributed by atoms with Gasteiger partial charge in [-0.1, -0.05) is 38.8 Å². The number of nitrogens with one attached hydrogen (secondary N) is 1. The van der Waals surface area contributed by atoms with Gasteiger partial charge in [-0.3, -0.25) is 0 Å². The maximum Gasteiger partial charge on any atom is 0.0368 e. The van der Waals surface area contributed by atoms with E-state index in [1.165, 1.54) is 43.5 Å². The smallest absolute Gasteiger partial charge is 0.0368 e. The van der Waals surface area contributed by atoms with Crippen LogP contribution in [0, 0.1) is 0 Å². The van der Waals surface area contributed by atoms with Gasteiger partial charge in [-0.05, 0) is 37.5 Å². The fraction of sp³-hybridized carbons (Fsp3) is 0.647. The largest absolute Gasteiger partial charge is 0.369 e. The van der Waals surface area contributed by atoms with Gasteiger partial charge in [-0.25, -0.2) is 0 Å². The maximum atomic E-state index is 3.47. The van der Waals surface area contributed by atoms with Crippen molar-refractivity contribution >= 4 is 5.69 Å². The van der Waals surface area contributed by atoms with Crippen LogP contribution >= 0.6 is 0 Å². The van der Waals surface area contributed by atoms with Gasteiger partial charge in [-0.15, -0.1) is 0 Å². The standard InChI is InChI=1S/C17H28N2/c1-14(2)18-13-16-8-10-17(11-9-16)19-12-6-4-5-7-15(19)3/h8-11,14-15,18H,4-7,12-13H2,1-3H3. The lowest BCUT2D eigenvalue weighted by atomic mass is 10.1. The zero-order chi connectivity index (χ0) is 13.7. The molecule has 0 saturated carbocycles. The quantitative estimate of drug-likeness (QED) is 0.881. The molecular weight excluding hydrogens is 232 g/mol. The third kappa shape index (κ3) is 4.24.